The molecular formula is C13H13BO2S. The molecule has 0 saturated heterocycles. The van der Waals surface area contributed by atoms with Gasteiger partial charge in [-0.05, 0) is 35.0 Å². The molecule has 0 fully saturated rings. The van der Waals surface area contributed by atoms with E-state index in [4.69, 9.17) is 10.0 Å². The SMILES string of the molecule is CSc1ccc(-c2cccc(B(O)O)c2)cc1. The van der Waals surface area contributed by atoms with Gasteiger partial charge in [-0.2, -0.15) is 0 Å². The molecule has 0 heterocycles. The Morgan fingerprint density at radius 2 is 1.65 bits per heavy atom. The highest BCUT2D eigenvalue weighted by Gasteiger charge is 2.11. The molecule has 2 rings (SSSR count). The molecule has 0 aromatic heterocycles. The maximum atomic E-state index is 9.13. The summed E-state index contributed by atoms with van der Waals surface area (Å²) in [6.07, 6.45) is 2.04. The molecule has 0 amide bonds. The van der Waals surface area contributed by atoms with Crippen LogP contribution < -0.4 is 5.46 Å². The summed E-state index contributed by atoms with van der Waals surface area (Å²) in [4.78, 5) is 1.21. The average molecular weight is 244 g/mol. The number of hydrogen-bond acceptors (Lipinski definition) is 3. The van der Waals surface area contributed by atoms with Gasteiger partial charge in [-0.25, -0.2) is 0 Å². The molecule has 2 aromatic rings. The van der Waals surface area contributed by atoms with E-state index in [1.165, 1.54) is 4.90 Å². The summed E-state index contributed by atoms with van der Waals surface area (Å²) in [5.74, 6) is 0. The smallest absolute Gasteiger partial charge is 0.423 e. The number of hydrogen-bond donors (Lipinski definition) is 2. The Morgan fingerprint density at radius 1 is 0.941 bits per heavy atom. The van der Waals surface area contributed by atoms with Crippen LogP contribution in [0, 0.1) is 0 Å². The largest absolute Gasteiger partial charge is 0.488 e. The van der Waals surface area contributed by atoms with Gasteiger partial charge in [0.1, 0.15) is 0 Å². The minimum atomic E-state index is -1.42. The van der Waals surface area contributed by atoms with E-state index in [2.05, 4.69) is 12.1 Å². The highest BCUT2D eigenvalue weighted by Crippen LogP contribution is 2.22. The van der Waals surface area contributed by atoms with Gasteiger partial charge in [-0.15, -0.1) is 11.8 Å². The first-order chi connectivity index (χ1) is 8.20. The number of rotatable bonds is 3. The standard InChI is InChI=1S/C13H13BO2S/c1-17-13-7-5-10(6-8-13)11-3-2-4-12(9-11)14(15)16/h2-9,15-16H,1H3. The van der Waals surface area contributed by atoms with E-state index < -0.39 is 7.12 Å². The van der Waals surface area contributed by atoms with Crippen molar-refractivity contribution in [2.45, 2.75) is 4.90 Å². The molecule has 0 bridgehead atoms. The van der Waals surface area contributed by atoms with Gasteiger partial charge < -0.3 is 10.0 Å². The lowest BCUT2D eigenvalue weighted by Gasteiger charge is -2.05. The third kappa shape index (κ3) is 2.91. The lowest BCUT2D eigenvalue weighted by atomic mass is 9.79. The first kappa shape index (κ1) is 12.2. The predicted molar refractivity (Wildman–Crippen MR) is 73.5 cm³/mol. The van der Waals surface area contributed by atoms with Gasteiger partial charge in [0.2, 0.25) is 0 Å². The van der Waals surface area contributed by atoms with E-state index >= 15 is 0 Å². The van der Waals surface area contributed by atoms with Crippen molar-refractivity contribution < 1.29 is 10.0 Å². The van der Waals surface area contributed by atoms with Gasteiger partial charge in [0.25, 0.3) is 0 Å². The highest BCUT2D eigenvalue weighted by atomic mass is 32.2. The second kappa shape index (κ2) is 5.40. The lowest BCUT2D eigenvalue weighted by Crippen LogP contribution is -2.29. The second-order valence-electron chi connectivity index (χ2n) is 3.73. The molecule has 0 aliphatic rings. The van der Waals surface area contributed by atoms with Crippen molar-refractivity contribution in [3.63, 3.8) is 0 Å². The van der Waals surface area contributed by atoms with Gasteiger partial charge in [0.15, 0.2) is 0 Å². The van der Waals surface area contributed by atoms with Gasteiger partial charge in [0, 0.05) is 4.90 Å². The molecular weight excluding hydrogens is 231 g/mol. The van der Waals surface area contributed by atoms with Crippen molar-refractivity contribution in [1.29, 1.82) is 0 Å². The quantitative estimate of drug-likeness (QED) is 0.638. The summed E-state index contributed by atoms with van der Waals surface area (Å²) in [6, 6.07) is 15.5. The van der Waals surface area contributed by atoms with Crippen molar-refractivity contribution >= 4 is 24.3 Å². The average Bonchev–Trinajstić information content (AvgIpc) is 2.39. The Morgan fingerprint density at radius 3 is 2.24 bits per heavy atom. The van der Waals surface area contributed by atoms with Crippen LogP contribution in [0.5, 0.6) is 0 Å². The fraction of sp³-hybridized carbons (Fsp3) is 0.0769. The minimum Gasteiger partial charge on any atom is -0.423 e. The van der Waals surface area contributed by atoms with Crippen LogP contribution in [0.3, 0.4) is 0 Å². The van der Waals surface area contributed by atoms with Gasteiger partial charge in [-0.1, -0.05) is 36.4 Å². The lowest BCUT2D eigenvalue weighted by molar-refractivity contribution is 0.426. The molecule has 0 aliphatic carbocycles. The molecule has 0 radical (unpaired) electrons. The molecule has 17 heavy (non-hydrogen) atoms. The van der Waals surface area contributed by atoms with Crippen molar-refractivity contribution in [1.82, 2.24) is 0 Å². The van der Waals surface area contributed by atoms with Crippen molar-refractivity contribution in [2.75, 3.05) is 6.26 Å². The van der Waals surface area contributed by atoms with Crippen molar-refractivity contribution in [3.8, 4) is 11.1 Å². The summed E-state index contributed by atoms with van der Waals surface area (Å²) < 4.78 is 0. The predicted octanol–water partition coefficient (Wildman–Crippen LogP) is 1.76. The summed E-state index contributed by atoms with van der Waals surface area (Å²) in [5.41, 5.74) is 2.57. The van der Waals surface area contributed by atoms with E-state index in [-0.39, 0.29) is 0 Å². The minimum absolute atomic E-state index is 0.511. The van der Waals surface area contributed by atoms with E-state index in [0.717, 1.165) is 11.1 Å². The first-order valence-corrected chi connectivity index (χ1v) is 6.53. The summed E-state index contributed by atoms with van der Waals surface area (Å²) in [5, 5.41) is 18.3. The third-order valence-electron chi connectivity index (χ3n) is 2.61. The Balaban J connectivity index is 2.35. The second-order valence-corrected chi connectivity index (χ2v) is 4.61. The topological polar surface area (TPSA) is 40.5 Å². The fourth-order valence-corrected chi connectivity index (χ4v) is 2.07. The molecule has 0 atom stereocenters. The molecule has 2 N–H and O–H groups in total. The Hall–Kier alpha value is -1.23. The van der Waals surface area contributed by atoms with E-state index in [1.807, 2.05) is 30.5 Å². The Kier molecular flexibility index (Phi) is 3.89. The molecule has 4 heteroatoms. The van der Waals surface area contributed by atoms with Crippen LogP contribution in [-0.2, 0) is 0 Å². The maximum absolute atomic E-state index is 9.13. The van der Waals surface area contributed by atoms with Gasteiger partial charge in [0.05, 0.1) is 0 Å². The van der Waals surface area contributed by atoms with Crippen LogP contribution in [0.15, 0.2) is 53.4 Å². The van der Waals surface area contributed by atoms with Gasteiger partial charge in [-0.3, -0.25) is 0 Å². The van der Waals surface area contributed by atoms with Crippen LogP contribution in [-0.4, -0.2) is 23.4 Å². The zero-order chi connectivity index (χ0) is 12.3. The van der Waals surface area contributed by atoms with Crippen LogP contribution >= 0.6 is 11.8 Å². The van der Waals surface area contributed by atoms with Crippen LogP contribution in [0.1, 0.15) is 0 Å². The fourth-order valence-electron chi connectivity index (χ4n) is 1.66. The van der Waals surface area contributed by atoms with Crippen LogP contribution in [0.4, 0.5) is 0 Å². The molecule has 2 nitrogen and oxygen atoms in total. The van der Waals surface area contributed by atoms with Crippen LogP contribution in [0.25, 0.3) is 11.1 Å². The zero-order valence-electron chi connectivity index (χ0n) is 9.50. The van der Waals surface area contributed by atoms with Crippen LogP contribution in [0.2, 0.25) is 0 Å². The Labute approximate surface area is 105 Å². The molecule has 2 aromatic carbocycles. The van der Waals surface area contributed by atoms with Gasteiger partial charge >= 0.3 is 7.12 Å². The first-order valence-electron chi connectivity index (χ1n) is 5.31. The third-order valence-corrected chi connectivity index (χ3v) is 3.35. The summed E-state index contributed by atoms with van der Waals surface area (Å²) >= 11 is 1.70. The van der Waals surface area contributed by atoms with E-state index in [9.17, 15) is 0 Å². The molecule has 0 aliphatic heterocycles. The highest BCUT2D eigenvalue weighted by molar-refractivity contribution is 7.98. The summed E-state index contributed by atoms with van der Waals surface area (Å²) in [7, 11) is -1.42. The van der Waals surface area contributed by atoms with E-state index in [1.54, 1.807) is 23.9 Å². The molecule has 0 saturated carbocycles. The van der Waals surface area contributed by atoms with Crippen molar-refractivity contribution in [3.05, 3.63) is 48.5 Å². The Bertz CT molecular complexity index is 497. The monoisotopic (exact) mass is 244 g/mol. The number of benzene rings is 2. The summed E-state index contributed by atoms with van der Waals surface area (Å²) in [6.45, 7) is 0. The molecule has 0 spiro atoms. The molecule has 0 unspecified atom stereocenters. The van der Waals surface area contributed by atoms with Crippen molar-refractivity contribution in [2.24, 2.45) is 0 Å². The zero-order valence-corrected chi connectivity index (χ0v) is 10.3. The number of thioether (sulfide) groups is 1. The molecule has 86 valence electrons. The van der Waals surface area contributed by atoms with E-state index in [0.29, 0.717) is 5.46 Å². The maximum Gasteiger partial charge on any atom is 0.488 e. The normalized spacial score (nSPS) is 10.3.